The maximum atomic E-state index is 12.4. The summed E-state index contributed by atoms with van der Waals surface area (Å²) in [7, 11) is 0. The maximum Gasteiger partial charge on any atom is 0.231 e. The van der Waals surface area contributed by atoms with Gasteiger partial charge in [0.1, 0.15) is 5.75 Å². The van der Waals surface area contributed by atoms with Crippen LogP contribution in [0.15, 0.2) is 18.2 Å². The number of ether oxygens (including phenoxy) is 1. The first kappa shape index (κ1) is 21.4. The van der Waals surface area contributed by atoms with Crippen LogP contribution in [0.3, 0.4) is 0 Å². The summed E-state index contributed by atoms with van der Waals surface area (Å²) in [5.74, 6) is 0.862. The van der Waals surface area contributed by atoms with Gasteiger partial charge >= 0.3 is 0 Å². The Hall–Kier alpha value is -1.62. The number of benzene rings is 1. The lowest BCUT2D eigenvalue weighted by Gasteiger charge is -2.25. The van der Waals surface area contributed by atoms with Gasteiger partial charge in [0.05, 0.1) is 6.61 Å². The average molecular weight is 365 g/mol. The van der Waals surface area contributed by atoms with Crippen LogP contribution in [0.4, 0.5) is 0 Å². The van der Waals surface area contributed by atoms with E-state index < -0.39 is 5.41 Å². The average Bonchev–Trinajstić information content (AvgIpc) is 2.54. The molecule has 0 radical (unpaired) electrons. The molecule has 4 nitrogen and oxygen atoms in total. The lowest BCUT2D eigenvalue weighted by molar-refractivity contribution is -0.128. The molecule has 0 bridgehead atoms. The number of rotatable bonds is 8. The molecule has 0 aliphatic heterocycles. The van der Waals surface area contributed by atoms with Crippen LogP contribution in [-0.4, -0.2) is 23.7 Å². The number of hydrogen-bond acceptors (Lipinski definition) is 3. The predicted molar refractivity (Wildman–Crippen MR) is 108 cm³/mol. The van der Waals surface area contributed by atoms with Gasteiger partial charge in [0.15, 0.2) is 5.11 Å². The smallest absolute Gasteiger partial charge is 0.231 e. The molecule has 140 valence electrons. The van der Waals surface area contributed by atoms with E-state index in [1.165, 1.54) is 5.56 Å². The fraction of sp³-hybridized carbons (Fsp3) is 0.600. The Morgan fingerprint density at radius 2 is 2.00 bits per heavy atom. The highest BCUT2D eigenvalue weighted by atomic mass is 32.1. The van der Waals surface area contributed by atoms with Crippen molar-refractivity contribution in [2.45, 2.75) is 66.8 Å². The molecular weight excluding hydrogens is 332 g/mol. The minimum atomic E-state index is -0.494. The summed E-state index contributed by atoms with van der Waals surface area (Å²) in [4.78, 5) is 12.4. The second-order valence-electron chi connectivity index (χ2n) is 7.34. The molecule has 0 aliphatic rings. The Labute approximate surface area is 157 Å². The molecule has 1 aromatic carbocycles. The van der Waals surface area contributed by atoms with Gasteiger partial charge in [0, 0.05) is 11.5 Å². The minimum Gasteiger partial charge on any atom is -0.493 e. The van der Waals surface area contributed by atoms with Crippen LogP contribution in [0.25, 0.3) is 0 Å². The highest BCUT2D eigenvalue weighted by Crippen LogP contribution is 2.24. The lowest BCUT2D eigenvalue weighted by atomic mass is 9.87. The van der Waals surface area contributed by atoms with Gasteiger partial charge in [-0.1, -0.05) is 32.9 Å². The second kappa shape index (κ2) is 9.76. The van der Waals surface area contributed by atoms with Gasteiger partial charge in [-0.2, -0.15) is 0 Å². The summed E-state index contributed by atoms with van der Waals surface area (Å²) in [6, 6.07) is 6.44. The third kappa shape index (κ3) is 7.43. The van der Waals surface area contributed by atoms with E-state index >= 15 is 0 Å². The van der Waals surface area contributed by atoms with Crippen LogP contribution < -0.4 is 15.4 Å². The number of thiocarbonyl (C=S) groups is 1. The fourth-order valence-corrected chi connectivity index (χ4v) is 2.60. The van der Waals surface area contributed by atoms with E-state index in [9.17, 15) is 4.79 Å². The molecule has 0 spiro atoms. The van der Waals surface area contributed by atoms with Crippen LogP contribution in [0.1, 0.15) is 58.1 Å². The monoisotopic (exact) mass is 364 g/mol. The number of carbonyl (C=O) groups excluding carboxylic acids is 1. The van der Waals surface area contributed by atoms with Crippen molar-refractivity contribution in [3.05, 3.63) is 29.3 Å². The van der Waals surface area contributed by atoms with E-state index in [-0.39, 0.29) is 11.9 Å². The molecule has 2 N–H and O–H groups in total. The molecular formula is C20H32N2O2S. The van der Waals surface area contributed by atoms with E-state index in [2.05, 4.69) is 36.6 Å². The summed E-state index contributed by atoms with van der Waals surface area (Å²) < 4.78 is 5.87. The Kier molecular flexibility index (Phi) is 8.36. The summed E-state index contributed by atoms with van der Waals surface area (Å²) in [5, 5.41) is 6.31. The van der Waals surface area contributed by atoms with Gasteiger partial charge in [-0.15, -0.1) is 0 Å². The van der Waals surface area contributed by atoms with Crippen molar-refractivity contribution >= 4 is 23.2 Å². The number of hydrogen-bond donors (Lipinski definition) is 2. The van der Waals surface area contributed by atoms with Gasteiger partial charge in [-0.25, -0.2) is 0 Å². The third-order valence-electron chi connectivity index (χ3n) is 4.38. The van der Waals surface area contributed by atoms with Crippen LogP contribution in [0.2, 0.25) is 0 Å². The zero-order valence-corrected chi connectivity index (χ0v) is 17.2. The van der Waals surface area contributed by atoms with Crippen molar-refractivity contribution in [3.63, 3.8) is 0 Å². The normalized spacial score (nSPS) is 12.4. The standard InChI is InChI=1S/C20H32N2O2S/c1-7-16(4)21-19(25)22-18(23)20(5,6)11-8-12-24-17-13-14(2)9-10-15(17)3/h9-10,13,16H,7-8,11-12H2,1-6H3,(H2,21,22,23,25). The zero-order chi connectivity index (χ0) is 19.0. The highest BCUT2D eigenvalue weighted by Gasteiger charge is 2.28. The van der Waals surface area contributed by atoms with Crippen LogP contribution in [0, 0.1) is 19.3 Å². The molecule has 25 heavy (non-hydrogen) atoms. The summed E-state index contributed by atoms with van der Waals surface area (Å²) in [6.45, 7) is 12.7. The van der Waals surface area contributed by atoms with Crippen molar-refractivity contribution in [1.82, 2.24) is 10.6 Å². The first-order valence-electron chi connectivity index (χ1n) is 8.97. The van der Waals surface area contributed by atoms with E-state index in [0.29, 0.717) is 11.7 Å². The fourth-order valence-electron chi connectivity index (χ4n) is 2.31. The molecule has 0 saturated carbocycles. The quantitative estimate of drug-likeness (QED) is 0.534. The maximum absolute atomic E-state index is 12.4. The summed E-state index contributed by atoms with van der Waals surface area (Å²) in [5.41, 5.74) is 1.82. The molecule has 5 heteroatoms. The molecule has 1 amide bonds. The molecule has 1 rings (SSSR count). The molecule has 1 atom stereocenters. The van der Waals surface area contributed by atoms with E-state index in [1.807, 2.05) is 33.8 Å². The molecule has 0 fully saturated rings. The zero-order valence-electron chi connectivity index (χ0n) is 16.4. The number of amides is 1. The van der Waals surface area contributed by atoms with Crippen LogP contribution in [0.5, 0.6) is 5.75 Å². The number of nitrogens with one attached hydrogen (secondary N) is 2. The van der Waals surface area contributed by atoms with Gasteiger partial charge in [0.2, 0.25) is 5.91 Å². The minimum absolute atomic E-state index is 0.0555. The van der Waals surface area contributed by atoms with E-state index in [4.69, 9.17) is 17.0 Å². The Morgan fingerprint density at radius 3 is 2.64 bits per heavy atom. The molecule has 0 saturated heterocycles. The van der Waals surface area contributed by atoms with E-state index in [1.54, 1.807) is 0 Å². The topological polar surface area (TPSA) is 50.4 Å². The van der Waals surface area contributed by atoms with Crippen molar-refractivity contribution in [2.24, 2.45) is 5.41 Å². The Bertz CT molecular complexity index is 599. The third-order valence-corrected chi connectivity index (χ3v) is 4.60. The highest BCUT2D eigenvalue weighted by molar-refractivity contribution is 7.80. The number of aryl methyl sites for hydroxylation is 2. The second-order valence-corrected chi connectivity index (χ2v) is 7.75. The van der Waals surface area contributed by atoms with Gasteiger partial charge in [-0.05, 0) is 69.4 Å². The number of carbonyl (C=O) groups is 1. The molecule has 1 unspecified atom stereocenters. The van der Waals surface area contributed by atoms with Crippen LogP contribution in [-0.2, 0) is 4.79 Å². The van der Waals surface area contributed by atoms with Crippen LogP contribution >= 0.6 is 12.2 Å². The molecule has 1 aromatic rings. The summed E-state index contributed by atoms with van der Waals surface area (Å²) >= 11 is 5.20. The van der Waals surface area contributed by atoms with Crippen molar-refractivity contribution < 1.29 is 9.53 Å². The molecule has 0 heterocycles. The van der Waals surface area contributed by atoms with Crippen molar-refractivity contribution in [3.8, 4) is 5.75 Å². The Balaban J connectivity index is 2.42. The largest absolute Gasteiger partial charge is 0.493 e. The van der Waals surface area contributed by atoms with Crippen molar-refractivity contribution in [2.75, 3.05) is 6.61 Å². The predicted octanol–water partition coefficient (Wildman–Crippen LogP) is 4.28. The Morgan fingerprint density at radius 1 is 1.32 bits per heavy atom. The first-order chi connectivity index (χ1) is 11.7. The summed E-state index contributed by atoms with van der Waals surface area (Å²) in [6.07, 6.45) is 2.49. The first-order valence-corrected chi connectivity index (χ1v) is 9.38. The van der Waals surface area contributed by atoms with E-state index in [0.717, 1.165) is 30.6 Å². The lowest BCUT2D eigenvalue weighted by Crippen LogP contribution is -2.47. The van der Waals surface area contributed by atoms with Gasteiger partial charge in [0.25, 0.3) is 0 Å². The molecule has 0 aromatic heterocycles. The van der Waals surface area contributed by atoms with Crippen molar-refractivity contribution in [1.29, 1.82) is 0 Å². The SMILES string of the molecule is CCC(C)NC(=S)NC(=O)C(C)(C)CCCOc1cc(C)ccc1C. The van der Waals surface area contributed by atoms with Gasteiger partial charge in [-0.3, -0.25) is 4.79 Å². The molecule has 0 aliphatic carbocycles. The van der Waals surface area contributed by atoms with Gasteiger partial charge < -0.3 is 15.4 Å².